The van der Waals surface area contributed by atoms with E-state index in [1.165, 1.54) is 0 Å². The zero-order valence-electron chi connectivity index (χ0n) is 14.6. The zero-order valence-corrected chi connectivity index (χ0v) is 14.6. The van der Waals surface area contributed by atoms with Crippen LogP contribution in [0.3, 0.4) is 0 Å². The summed E-state index contributed by atoms with van der Waals surface area (Å²) in [7, 11) is 0. The lowest BCUT2D eigenvalue weighted by Gasteiger charge is -2.09. The van der Waals surface area contributed by atoms with Crippen molar-refractivity contribution in [2.45, 2.75) is 41.2 Å². The molecule has 0 amide bonds. The number of aromatic nitrogens is 2. The molecule has 1 aromatic carbocycles. The molecule has 0 fully saturated rings. The van der Waals surface area contributed by atoms with Gasteiger partial charge in [-0.25, -0.2) is 9.48 Å². The van der Waals surface area contributed by atoms with Crippen LogP contribution in [0.4, 0.5) is 0 Å². The van der Waals surface area contributed by atoms with Gasteiger partial charge in [0, 0.05) is 6.61 Å². The Hall–Kier alpha value is -2.14. The van der Waals surface area contributed by atoms with E-state index in [-0.39, 0.29) is 5.97 Å². The van der Waals surface area contributed by atoms with Crippen LogP contribution in [0.15, 0.2) is 30.3 Å². The molecule has 5 nitrogen and oxygen atoms in total. The summed E-state index contributed by atoms with van der Waals surface area (Å²) in [6, 6.07) is 9.51. The second kappa shape index (κ2) is 9.79. The van der Waals surface area contributed by atoms with Crippen LogP contribution in [-0.2, 0) is 16.1 Å². The first-order chi connectivity index (χ1) is 11.2. The number of nitrogens with zero attached hydrogens (tertiary/aromatic N) is 2. The van der Waals surface area contributed by atoms with Crippen LogP contribution in [-0.4, -0.2) is 29.0 Å². The highest BCUT2D eigenvalue weighted by molar-refractivity contribution is 5.88. The molecule has 0 aliphatic carbocycles. The van der Waals surface area contributed by atoms with Crippen molar-refractivity contribution in [2.75, 3.05) is 13.2 Å². The maximum absolute atomic E-state index is 12.0. The summed E-state index contributed by atoms with van der Waals surface area (Å²) in [4.78, 5) is 12.0. The average molecular weight is 318 g/mol. The third kappa shape index (κ3) is 5.21. The van der Waals surface area contributed by atoms with Gasteiger partial charge in [0.1, 0.15) is 0 Å². The predicted molar refractivity (Wildman–Crippen MR) is 90.9 cm³/mol. The highest BCUT2D eigenvalue weighted by Crippen LogP contribution is 2.16. The molecule has 0 radical (unpaired) electrons. The summed E-state index contributed by atoms with van der Waals surface area (Å²) in [5, 5.41) is 4.38. The van der Waals surface area contributed by atoms with Crippen LogP contribution in [0.2, 0.25) is 0 Å². The Kier molecular flexibility index (Phi) is 8.05. The second-order valence-electron chi connectivity index (χ2n) is 4.61. The van der Waals surface area contributed by atoms with Crippen LogP contribution in [0.5, 0.6) is 0 Å². The molecular weight excluding hydrogens is 292 g/mol. The van der Waals surface area contributed by atoms with Crippen molar-refractivity contribution in [1.29, 1.82) is 0 Å². The standard InChI is InChI=1S/C16H20N2O3.C2H6/c1-4-20-11-13-7-6-8-14(10-13)18-15(9-12(3)17-18)16(19)21-5-2;1-2/h6-10H,4-5,11H2,1-3H3;1-2H3. The summed E-state index contributed by atoms with van der Waals surface area (Å²) < 4.78 is 12.1. The molecule has 0 aliphatic heterocycles. The van der Waals surface area contributed by atoms with E-state index in [1.807, 2.05) is 52.0 Å². The van der Waals surface area contributed by atoms with Gasteiger partial charge < -0.3 is 9.47 Å². The highest BCUT2D eigenvalue weighted by Gasteiger charge is 2.16. The number of ether oxygens (including phenoxy) is 2. The summed E-state index contributed by atoms with van der Waals surface area (Å²) in [5.74, 6) is -0.367. The highest BCUT2D eigenvalue weighted by atomic mass is 16.5. The first-order valence-corrected chi connectivity index (χ1v) is 8.06. The van der Waals surface area contributed by atoms with E-state index >= 15 is 0 Å². The zero-order chi connectivity index (χ0) is 17.2. The topological polar surface area (TPSA) is 53.4 Å². The van der Waals surface area contributed by atoms with Gasteiger partial charge >= 0.3 is 5.97 Å². The number of hydrogen-bond donors (Lipinski definition) is 0. The molecule has 0 bridgehead atoms. The van der Waals surface area contributed by atoms with Crippen molar-refractivity contribution in [3.05, 3.63) is 47.3 Å². The Bertz CT molecular complexity index is 620. The molecule has 2 aromatic rings. The monoisotopic (exact) mass is 318 g/mol. The summed E-state index contributed by atoms with van der Waals surface area (Å²) in [5.41, 5.74) is 3.07. The average Bonchev–Trinajstić information content (AvgIpc) is 2.97. The van der Waals surface area contributed by atoms with Crippen molar-refractivity contribution < 1.29 is 14.3 Å². The SMILES string of the molecule is CC.CCOCc1cccc(-n2nc(C)cc2C(=O)OCC)c1. The Balaban J connectivity index is 0.00000127. The van der Waals surface area contributed by atoms with E-state index in [4.69, 9.17) is 9.47 Å². The van der Waals surface area contributed by atoms with Crippen molar-refractivity contribution >= 4 is 5.97 Å². The predicted octanol–water partition coefficient (Wildman–Crippen LogP) is 3.92. The smallest absolute Gasteiger partial charge is 0.357 e. The minimum Gasteiger partial charge on any atom is -0.461 e. The molecule has 0 saturated carbocycles. The van der Waals surface area contributed by atoms with E-state index < -0.39 is 0 Å². The van der Waals surface area contributed by atoms with Crippen molar-refractivity contribution in [3.63, 3.8) is 0 Å². The first kappa shape index (κ1) is 18.9. The first-order valence-electron chi connectivity index (χ1n) is 8.06. The number of carbonyl (C=O) groups is 1. The van der Waals surface area contributed by atoms with Crippen molar-refractivity contribution in [2.24, 2.45) is 0 Å². The van der Waals surface area contributed by atoms with Crippen LogP contribution in [0.25, 0.3) is 5.69 Å². The van der Waals surface area contributed by atoms with Gasteiger partial charge in [0.2, 0.25) is 0 Å². The van der Waals surface area contributed by atoms with Crippen LogP contribution in [0.1, 0.15) is 49.4 Å². The van der Waals surface area contributed by atoms with E-state index in [9.17, 15) is 4.79 Å². The molecule has 0 spiro atoms. The Labute approximate surface area is 138 Å². The minimum atomic E-state index is -0.367. The molecule has 23 heavy (non-hydrogen) atoms. The lowest BCUT2D eigenvalue weighted by atomic mass is 10.2. The number of aryl methyl sites for hydroxylation is 1. The Morgan fingerprint density at radius 1 is 1.17 bits per heavy atom. The maximum atomic E-state index is 12.0. The number of benzene rings is 1. The van der Waals surface area contributed by atoms with Crippen molar-refractivity contribution in [3.8, 4) is 5.69 Å². The van der Waals surface area contributed by atoms with E-state index in [0.29, 0.717) is 25.5 Å². The lowest BCUT2D eigenvalue weighted by Crippen LogP contribution is -2.12. The van der Waals surface area contributed by atoms with E-state index in [2.05, 4.69) is 5.10 Å². The quantitative estimate of drug-likeness (QED) is 0.758. The van der Waals surface area contributed by atoms with Crippen molar-refractivity contribution in [1.82, 2.24) is 9.78 Å². The van der Waals surface area contributed by atoms with Gasteiger partial charge in [-0.1, -0.05) is 26.0 Å². The molecular formula is C18H26N2O3. The third-order valence-electron chi connectivity index (χ3n) is 2.94. The largest absolute Gasteiger partial charge is 0.461 e. The summed E-state index contributed by atoms with van der Waals surface area (Å²) in [6.07, 6.45) is 0. The maximum Gasteiger partial charge on any atom is 0.357 e. The number of hydrogen-bond acceptors (Lipinski definition) is 4. The van der Waals surface area contributed by atoms with E-state index in [1.54, 1.807) is 17.7 Å². The van der Waals surface area contributed by atoms with Gasteiger partial charge in [-0.2, -0.15) is 5.10 Å². The molecule has 0 saturated heterocycles. The van der Waals surface area contributed by atoms with Gasteiger partial charge in [0.25, 0.3) is 0 Å². The molecule has 2 rings (SSSR count). The summed E-state index contributed by atoms with van der Waals surface area (Å²) in [6.45, 7) is 11.1. The van der Waals surface area contributed by atoms with Crippen LogP contribution < -0.4 is 0 Å². The normalized spacial score (nSPS) is 9.96. The fourth-order valence-electron chi connectivity index (χ4n) is 2.04. The molecule has 0 aliphatic rings. The lowest BCUT2D eigenvalue weighted by molar-refractivity contribution is 0.0515. The van der Waals surface area contributed by atoms with Gasteiger partial charge in [0.15, 0.2) is 5.69 Å². The van der Waals surface area contributed by atoms with E-state index in [0.717, 1.165) is 16.9 Å². The van der Waals surface area contributed by atoms with Gasteiger partial charge in [-0.05, 0) is 44.5 Å². The summed E-state index contributed by atoms with van der Waals surface area (Å²) >= 11 is 0. The molecule has 126 valence electrons. The van der Waals surface area contributed by atoms with Crippen LogP contribution in [0, 0.1) is 6.92 Å². The van der Waals surface area contributed by atoms with Gasteiger partial charge in [0.05, 0.1) is 24.6 Å². The Morgan fingerprint density at radius 3 is 2.57 bits per heavy atom. The molecule has 0 N–H and O–H groups in total. The Morgan fingerprint density at radius 2 is 1.91 bits per heavy atom. The fourth-order valence-corrected chi connectivity index (χ4v) is 2.04. The molecule has 1 heterocycles. The molecule has 0 atom stereocenters. The van der Waals surface area contributed by atoms with Crippen LogP contribution >= 0.6 is 0 Å². The minimum absolute atomic E-state index is 0.341. The van der Waals surface area contributed by atoms with Gasteiger partial charge in [-0.3, -0.25) is 0 Å². The number of rotatable bonds is 6. The number of esters is 1. The van der Waals surface area contributed by atoms with Gasteiger partial charge in [-0.15, -0.1) is 0 Å². The molecule has 0 unspecified atom stereocenters. The third-order valence-corrected chi connectivity index (χ3v) is 2.94. The second-order valence-corrected chi connectivity index (χ2v) is 4.61. The number of carbonyl (C=O) groups excluding carboxylic acids is 1. The fraction of sp³-hybridized carbons (Fsp3) is 0.444. The molecule has 1 aromatic heterocycles. The molecule has 5 heteroatoms.